The quantitative estimate of drug-likeness (QED) is 0.498. The van der Waals surface area contributed by atoms with Gasteiger partial charge in [-0.25, -0.2) is 13.2 Å². The van der Waals surface area contributed by atoms with E-state index in [1.807, 2.05) is 0 Å². The molecule has 0 heterocycles. The van der Waals surface area contributed by atoms with Crippen molar-refractivity contribution in [2.24, 2.45) is 0 Å². The number of carboxylic acids is 1. The molecule has 0 unspecified atom stereocenters. The van der Waals surface area contributed by atoms with Crippen LogP contribution < -0.4 is 24.3 Å². The van der Waals surface area contributed by atoms with E-state index in [9.17, 15) is 18.3 Å². The summed E-state index contributed by atoms with van der Waals surface area (Å²) in [7, 11) is 2.17. The topological polar surface area (TPSA) is 120 Å². The molecule has 0 atom stereocenters. The summed E-state index contributed by atoms with van der Waals surface area (Å²) in [5, 5.41) is 13.3. The van der Waals surface area contributed by atoms with E-state index in [1.165, 1.54) is 48.4 Å². The zero-order valence-corrected chi connectivity index (χ0v) is 20.3. The Morgan fingerprint density at radius 2 is 1.55 bits per heavy atom. The maximum absolute atomic E-state index is 12.8. The average Bonchev–Trinajstić information content (AvgIpc) is 2.76. The first-order chi connectivity index (χ1) is 15.5. The summed E-state index contributed by atoms with van der Waals surface area (Å²) in [6.45, 7) is 2.99. The Labute approximate surface area is 193 Å². The van der Waals surface area contributed by atoms with Crippen LogP contribution in [0.2, 0.25) is 0 Å². The van der Waals surface area contributed by atoms with Gasteiger partial charge < -0.3 is 29.4 Å². The molecule has 0 saturated heterocycles. The lowest BCUT2D eigenvalue weighted by atomic mass is 10.0. The van der Waals surface area contributed by atoms with Crippen molar-refractivity contribution < 1.29 is 37.3 Å². The van der Waals surface area contributed by atoms with Crippen molar-refractivity contribution >= 4 is 27.6 Å². The molecule has 0 bridgehead atoms. The fraction of sp³-hybridized carbons (Fsp3) is 0.348. The Kier molecular flexibility index (Phi) is 8.21. The molecule has 2 aromatic rings. The number of rotatable bonds is 11. The van der Waals surface area contributed by atoms with E-state index in [4.69, 9.17) is 18.9 Å². The number of ether oxygens (including phenoxy) is 4. The lowest BCUT2D eigenvalue weighted by Crippen LogP contribution is -2.40. The molecule has 0 saturated carbocycles. The Balaban J connectivity index is 2.36. The number of carboxylic acid groups (broad SMARTS) is 1. The van der Waals surface area contributed by atoms with Crippen molar-refractivity contribution in [1.29, 1.82) is 0 Å². The molecule has 0 aromatic heterocycles. The second-order valence-corrected chi connectivity index (χ2v) is 9.53. The van der Waals surface area contributed by atoms with Crippen LogP contribution in [0.3, 0.4) is 0 Å². The highest BCUT2D eigenvalue weighted by molar-refractivity contribution is 7.93. The van der Waals surface area contributed by atoms with Gasteiger partial charge in [-0.2, -0.15) is 0 Å². The Morgan fingerprint density at radius 3 is 2.03 bits per heavy atom. The van der Waals surface area contributed by atoms with Crippen LogP contribution in [0.4, 0.5) is 5.69 Å². The number of sulfone groups is 1. The largest absolute Gasteiger partial charge is 0.496 e. The van der Waals surface area contributed by atoms with Gasteiger partial charge in [-0.1, -0.05) is 6.07 Å². The molecule has 0 aliphatic rings. The van der Waals surface area contributed by atoms with E-state index in [1.54, 1.807) is 30.3 Å². The molecule has 180 valence electrons. The van der Waals surface area contributed by atoms with Gasteiger partial charge in [0.25, 0.3) is 0 Å². The second-order valence-electron chi connectivity index (χ2n) is 7.65. The van der Waals surface area contributed by atoms with Crippen molar-refractivity contribution in [2.45, 2.75) is 25.1 Å². The highest BCUT2D eigenvalue weighted by Crippen LogP contribution is 2.35. The van der Waals surface area contributed by atoms with Gasteiger partial charge in [0.2, 0.25) is 0 Å². The lowest BCUT2D eigenvalue weighted by Gasteiger charge is -2.24. The summed E-state index contributed by atoms with van der Waals surface area (Å²) >= 11 is 0. The van der Waals surface area contributed by atoms with E-state index in [2.05, 4.69) is 5.32 Å². The number of hydrogen-bond donors (Lipinski definition) is 2. The normalized spacial score (nSPS) is 11.8. The van der Waals surface area contributed by atoms with Crippen LogP contribution in [0.25, 0.3) is 6.08 Å². The summed E-state index contributed by atoms with van der Waals surface area (Å²) < 4.78 is 46.8. The predicted molar refractivity (Wildman–Crippen MR) is 126 cm³/mol. The molecule has 33 heavy (non-hydrogen) atoms. The molecule has 2 aromatic carbocycles. The molecule has 2 rings (SSSR count). The molecule has 0 aliphatic heterocycles. The zero-order valence-electron chi connectivity index (χ0n) is 19.5. The maximum Gasteiger partial charge on any atom is 0.328 e. The molecule has 0 spiro atoms. The summed E-state index contributed by atoms with van der Waals surface area (Å²) in [6.07, 6.45) is 1.41. The third-order valence-corrected chi connectivity index (χ3v) is 6.10. The summed E-state index contributed by atoms with van der Waals surface area (Å²) in [5.74, 6) is 0.318. The summed E-state index contributed by atoms with van der Waals surface area (Å²) in [6, 6.07) is 8.01. The van der Waals surface area contributed by atoms with Crippen LogP contribution in [0, 0.1) is 0 Å². The van der Waals surface area contributed by atoms with Crippen LogP contribution >= 0.6 is 0 Å². The van der Waals surface area contributed by atoms with Crippen LogP contribution in [-0.2, 0) is 20.4 Å². The van der Waals surface area contributed by atoms with Gasteiger partial charge in [0, 0.05) is 17.5 Å². The highest BCUT2D eigenvalue weighted by Gasteiger charge is 2.28. The van der Waals surface area contributed by atoms with Crippen molar-refractivity contribution in [2.75, 3.05) is 33.8 Å². The SMILES string of the molecule is COc1cc(OC)c(/C=C/S(=O)(=O)Cc2ccc(OC)c(NC(C)(C)C(=O)O)c2)c(OC)c1. The average molecular weight is 480 g/mol. The molecular weight excluding hydrogens is 450 g/mol. The minimum Gasteiger partial charge on any atom is -0.496 e. The Bertz CT molecular complexity index is 1110. The molecule has 0 radical (unpaired) electrons. The number of benzene rings is 2. The number of aliphatic carboxylic acids is 1. The van der Waals surface area contributed by atoms with Crippen molar-refractivity contribution in [1.82, 2.24) is 0 Å². The first-order valence-corrected chi connectivity index (χ1v) is 11.6. The van der Waals surface area contributed by atoms with Gasteiger partial charge in [-0.3, -0.25) is 0 Å². The minimum absolute atomic E-state index is 0.309. The molecule has 9 nitrogen and oxygen atoms in total. The number of anilines is 1. The van der Waals surface area contributed by atoms with Crippen molar-refractivity contribution in [3.63, 3.8) is 0 Å². The lowest BCUT2D eigenvalue weighted by molar-refractivity contribution is -0.141. The van der Waals surface area contributed by atoms with Gasteiger partial charge >= 0.3 is 5.97 Å². The van der Waals surface area contributed by atoms with E-state index in [0.29, 0.717) is 39.8 Å². The van der Waals surface area contributed by atoms with Crippen molar-refractivity contribution in [3.05, 3.63) is 46.9 Å². The Morgan fingerprint density at radius 1 is 0.970 bits per heavy atom. The van der Waals surface area contributed by atoms with Gasteiger partial charge in [0.1, 0.15) is 28.5 Å². The number of methoxy groups -OCH3 is 4. The zero-order chi connectivity index (χ0) is 24.8. The van der Waals surface area contributed by atoms with Gasteiger partial charge in [-0.15, -0.1) is 0 Å². The fourth-order valence-electron chi connectivity index (χ4n) is 2.98. The summed E-state index contributed by atoms with van der Waals surface area (Å²) in [4.78, 5) is 11.5. The molecule has 0 fully saturated rings. The third-order valence-electron chi connectivity index (χ3n) is 4.81. The van der Waals surface area contributed by atoms with E-state index in [-0.39, 0.29) is 5.75 Å². The van der Waals surface area contributed by atoms with Gasteiger partial charge in [0.15, 0.2) is 9.84 Å². The first kappa shape index (κ1) is 25.9. The van der Waals surface area contributed by atoms with Crippen LogP contribution in [0.15, 0.2) is 35.7 Å². The van der Waals surface area contributed by atoms with E-state index >= 15 is 0 Å². The van der Waals surface area contributed by atoms with E-state index in [0.717, 1.165) is 5.41 Å². The highest BCUT2D eigenvalue weighted by atomic mass is 32.2. The van der Waals surface area contributed by atoms with E-state index < -0.39 is 21.3 Å². The monoisotopic (exact) mass is 479 g/mol. The molecular formula is C23H29NO8S. The molecule has 0 amide bonds. The molecule has 2 N–H and O–H groups in total. The third kappa shape index (κ3) is 6.55. The fourth-order valence-corrected chi connectivity index (χ4v) is 4.07. The second kappa shape index (κ2) is 10.5. The van der Waals surface area contributed by atoms with Crippen LogP contribution in [0.1, 0.15) is 25.0 Å². The number of nitrogens with one attached hydrogen (secondary N) is 1. The molecule has 0 aliphatic carbocycles. The smallest absolute Gasteiger partial charge is 0.328 e. The van der Waals surface area contributed by atoms with Crippen molar-refractivity contribution in [3.8, 4) is 23.0 Å². The standard InChI is InChI=1S/C23H29NO8S/c1-23(2,22(25)26)24-18-11-15(7-8-19(18)30-4)14-33(27,28)10-9-17-20(31-5)12-16(29-3)13-21(17)32-6/h7-13,24H,14H2,1-6H3,(H,25,26)/b10-9+. The number of hydrogen-bond acceptors (Lipinski definition) is 8. The Hall–Kier alpha value is -3.40. The number of carbonyl (C=O) groups is 1. The first-order valence-electron chi connectivity index (χ1n) is 9.85. The predicted octanol–water partition coefficient (Wildman–Crippen LogP) is 3.58. The van der Waals surface area contributed by atoms with Crippen LogP contribution in [-0.4, -0.2) is 53.5 Å². The minimum atomic E-state index is -3.70. The maximum atomic E-state index is 12.8. The molecule has 10 heteroatoms. The van der Waals surface area contributed by atoms with Gasteiger partial charge in [0.05, 0.1) is 45.4 Å². The van der Waals surface area contributed by atoms with Gasteiger partial charge in [-0.05, 0) is 37.6 Å². The van der Waals surface area contributed by atoms with Crippen LogP contribution in [0.5, 0.6) is 23.0 Å². The summed E-state index contributed by atoms with van der Waals surface area (Å²) in [5.41, 5.74) is -0.00543.